The molecule has 6 heteroatoms. The normalized spacial score (nSPS) is 15.3. The number of halogens is 1. The van der Waals surface area contributed by atoms with Crippen LogP contribution in [0.2, 0.25) is 5.02 Å². The van der Waals surface area contributed by atoms with Crippen LogP contribution in [0.15, 0.2) is 65.3 Å². The minimum atomic E-state index is 0.103. The van der Waals surface area contributed by atoms with E-state index in [1.165, 1.54) is 5.56 Å². The molecule has 0 radical (unpaired) electrons. The fourth-order valence-corrected chi connectivity index (χ4v) is 3.72. The van der Waals surface area contributed by atoms with Crippen LogP contribution in [0.1, 0.15) is 17.7 Å². The van der Waals surface area contributed by atoms with Crippen LogP contribution in [-0.4, -0.2) is 46.9 Å². The largest absolute Gasteiger partial charge is 0.444 e. The SMILES string of the molecule is O=C(Cc1coc(-c2ccccc2)n1)N1CCCN(Cc2ccc(Cl)cc2)CC1. The molecule has 0 saturated carbocycles. The number of amides is 1. The van der Waals surface area contributed by atoms with E-state index in [1.807, 2.05) is 47.4 Å². The van der Waals surface area contributed by atoms with Gasteiger partial charge in [-0.25, -0.2) is 4.98 Å². The maximum atomic E-state index is 12.8. The molecule has 3 aromatic rings. The molecule has 0 bridgehead atoms. The zero-order valence-electron chi connectivity index (χ0n) is 16.3. The van der Waals surface area contributed by atoms with Gasteiger partial charge in [0.25, 0.3) is 0 Å². The van der Waals surface area contributed by atoms with Gasteiger partial charge in [-0.15, -0.1) is 0 Å². The summed E-state index contributed by atoms with van der Waals surface area (Å²) in [6, 6.07) is 17.7. The Labute approximate surface area is 175 Å². The summed E-state index contributed by atoms with van der Waals surface area (Å²) in [6.07, 6.45) is 2.83. The van der Waals surface area contributed by atoms with Crippen LogP contribution in [0.4, 0.5) is 0 Å². The lowest BCUT2D eigenvalue weighted by Crippen LogP contribution is -2.36. The lowest BCUT2D eigenvalue weighted by Gasteiger charge is -2.22. The monoisotopic (exact) mass is 409 g/mol. The molecule has 29 heavy (non-hydrogen) atoms. The second kappa shape index (κ2) is 9.25. The average molecular weight is 410 g/mol. The summed E-state index contributed by atoms with van der Waals surface area (Å²) in [7, 11) is 0. The molecule has 1 saturated heterocycles. The van der Waals surface area contributed by atoms with Crippen molar-refractivity contribution < 1.29 is 9.21 Å². The Hall–Kier alpha value is -2.63. The number of hydrogen-bond donors (Lipinski definition) is 0. The lowest BCUT2D eigenvalue weighted by atomic mass is 10.2. The molecule has 2 aromatic carbocycles. The molecule has 0 aliphatic carbocycles. The number of oxazole rings is 1. The molecule has 1 fully saturated rings. The van der Waals surface area contributed by atoms with E-state index in [-0.39, 0.29) is 12.3 Å². The molecule has 1 aliphatic heterocycles. The molecule has 4 rings (SSSR count). The van der Waals surface area contributed by atoms with Gasteiger partial charge in [0.1, 0.15) is 6.26 Å². The van der Waals surface area contributed by atoms with Gasteiger partial charge in [-0.05, 0) is 36.2 Å². The summed E-state index contributed by atoms with van der Waals surface area (Å²) in [4.78, 5) is 21.6. The Morgan fingerprint density at radius 1 is 1.00 bits per heavy atom. The van der Waals surface area contributed by atoms with Crippen molar-refractivity contribution in [1.29, 1.82) is 0 Å². The van der Waals surface area contributed by atoms with Crippen LogP contribution in [0.25, 0.3) is 11.5 Å². The molecule has 1 aromatic heterocycles. The van der Waals surface area contributed by atoms with Gasteiger partial charge < -0.3 is 9.32 Å². The Morgan fingerprint density at radius 2 is 1.79 bits per heavy atom. The van der Waals surface area contributed by atoms with Crippen molar-refractivity contribution >= 4 is 17.5 Å². The summed E-state index contributed by atoms with van der Waals surface area (Å²) in [5.41, 5.74) is 2.83. The maximum Gasteiger partial charge on any atom is 0.228 e. The highest BCUT2D eigenvalue weighted by atomic mass is 35.5. The van der Waals surface area contributed by atoms with E-state index in [0.29, 0.717) is 11.6 Å². The number of aromatic nitrogens is 1. The van der Waals surface area contributed by atoms with Gasteiger partial charge in [0.05, 0.1) is 12.1 Å². The number of benzene rings is 2. The van der Waals surface area contributed by atoms with Gasteiger partial charge in [0.2, 0.25) is 11.8 Å². The van der Waals surface area contributed by atoms with Gasteiger partial charge in [-0.1, -0.05) is 41.9 Å². The van der Waals surface area contributed by atoms with Crippen molar-refractivity contribution in [3.05, 3.63) is 77.1 Å². The average Bonchev–Trinajstić information content (AvgIpc) is 3.08. The third kappa shape index (κ3) is 5.25. The number of carbonyl (C=O) groups is 1. The van der Waals surface area contributed by atoms with Crippen LogP contribution in [-0.2, 0) is 17.8 Å². The summed E-state index contributed by atoms with van der Waals surface area (Å²) in [5.74, 6) is 0.657. The van der Waals surface area contributed by atoms with Crippen molar-refractivity contribution in [3.63, 3.8) is 0 Å². The Bertz CT molecular complexity index is 940. The summed E-state index contributed by atoms with van der Waals surface area (Å²) in [6.45, 7) is 4.23. The first-order valence-electron chi connectivity index (χ1n) is 9.92. The first-order chi connectivity index (χ1) is 14.2. The zero-order valence-corrected chi connectivity index (χ0v) is 17.0. The van der Waals surface area contributed by atoms with Gasteiger partial charge in [0.15, 0.2) is 0 Å². The van der Waals surface area contributed by atoms with Crippen molar-refractivity contribution in [3.8, 4) is 11.5 Å². The Kier molecular flexibility index (Phi) is 6.27. The molecule has 1 amide bonds. The molecule has 5 nitrogen and oxygen atoms in total. The summed E-state index contributed by atoms with van der Waals surface area (Å²) in [5, 5.41) is 0.754. The fraction of sp³-hybridized carbons (Fsp3) is 0.304. The van der Waals surface area contributed by atoms with E-state index < -0.39 is 0 Å². The molecule has 150 valence electrons. The first-order valence-corrected chi connectivity index (χ1v) is 10.3. The molecule has 1 aliphatic rings. The lowest BCUT2D eigenvalue weighted by molar-refractivity contribution is -0.130. The molecule has 0 atom stereocenters. The highest BCUT2D eigenvalue weighted by Crippen LogP contribution is 2.19. The highest BCUT2D eigenvalue weighted by Gasteiger charge is 2.20. The third-order valence-corrected chi connectivity index (χ3v) is 5.42. The predicted octanol–water partition coefficient (Wildman–Crippen LogP) is 4.27. The second-order valence-electron chi connectivity index (χ2n) is 7.32. The van der Waals surface area contributed by atoms with Crippen molar-refractivity contribution in [2.24, 2.45) is 0 Å². The molecular weight excluding hydrogens is 386 g/mol. The van der Waals surface area contributed by atoms with Gasteiger partial charge in [0, 0.05) is 43.3 Å². The Morgan fingerprint density at radius 3 is 2.59 bits per heavy atom. The number of hydrogen-bond acceptors (Lipinski definition) is 4. The van der Waals surface area contributed by atoms with Gasteiger partial charge >= 0.3 is 0 Å². The van der Waals surface area contributed by atoms with Crippen molar-refractivity contribution in [2.75, 3.05) is 26.2 Å². The zero-order chi connectivity index (χ0) is 20.1. The number of nitrogens with zero attached hydrogens (tertiary/aromatic N) is 3. The van der Waals surface area contributed by atoms with E-state index >= 15 is 0 Å². The quantitative estimate of drug-likeness (QED) is 0.631. The first kappa shape index (κ1) is 19.7. The van der Waals surface area contributed by atoms with Crippen molar-refractivity contribution in [2.45, 2.75) is 19.4 Å². The van der Waals surface area contributed by atoms with E-state index in [9.17, 15) is 4.79 Å². The van der Waals surface area contributed by atoms with E-state index in [1.54, 1.807) is 6.26 Å². The van der Waals surface area contributed by atoms with Gasteiger partial charge in [-0.3, -0.25) is 9.69 Å². The number of rotatable bonds is 5. The Balaban J connectivity index is 1.31. The van der Waals surface area contributed by atoms with Crippen molar-refractivity contribution in [1.82, 2.24) is 14.8 Å². The van der Waals surface area contributed by atoms with Crippen LogP contribution in [0, 0.1) is 0 Å². The minimum Gasteiger partial charge on any atom is -0.444 e. The predicted molar refractivity (Wildman–Crippen MR) is 114 cm³/mol. The molecule has 0 spiro atoms. The van der Waals surface area contributed by atoms with Crippen LogP contribution >= 0.6 is 11.6 Å². The molecule has 0 N–H and O–H groups in total. The minimum absolute atomic E-state index is 0.103. The fourth-order valence-electron chi connectivity index (χ4n) is 3.59. The molecule has 2 heterocycles. The van der Waals surface area contributed by atoms with Crippen LogP contribution in [0.5, 0.6) is 0 Å². The number of carbonyl (C=O) groups excluding carboxylic acids is 1. The van der Waals surface area contributed by atoms with Crippen LogP contribution in [0.3, 0.4) is 0 Å². The van der Waals surface area contributed by atoms with E-state index in [4.69, 9.17) is 16.0 Å². The smallest absolute Gasteiger partial charge is 0.228 e. The third-order valence-electron chi connectivity index (χ3n) is 5.17. The van der Waals surface area contributed by atoms with Crippen LogP contribution < -0.4 is 0 Å². The molecular formula is C23H24ClN3O2. The topological polar surface area (TPSA) is 49.6 Å². The second-order valence-corrected chi connectivity index (χ2v) is 7.76. The highest BCUT2D eigenvalue weighted by molar-refractivity contribution is 6.30. The van der Waals surface area contributed by atoms with E-state index in [0.717, 1.165) is 49.7 Å². The summed E-state index contributed by atoms with van der Waals surface area (Å²) < 4.78 is 5.56. The maximum absolute atomic E-state index is 12.8. The molecule has 0 unspecified atom stereocenters. The van der Waals surface area contributed by atoms with Gasteiger partial charge in [-0.2, -0.15) is 0 Å². The van der Waals surface area contributed by atoms with E-state index in [2.05, 4.69) is 22.0 Å². The standard InChI is InChI=1S/C23H24ClN3O2/c24-20-9-7-18(8-10-20)16-26-11-4-12-27(14-13-26)22(28)15-21-17-29-23(25-21)19-5-2-1-3-6-19/h1-3,5-10,17H,4,11-16H2. The summed E-state index contributed by atoms with van der Waals surface area (Å²) >= 11 is 5.97.